The second-order valence-electron chi connectivity index (χ2n) is 11.7. The molecule has 2 saturated carbocycles. The lowest BCUT2D eigenvalue weighted by atomic mass is 9.53. The first-order chi connectivity index (χ1) is 13.3. The van der Waals surface area contributed by atoms with Gasteiger partial charge in [-0.05, 0) is 80.5 Å². The van der Waals surface area contributed by atoms with Crippen LogP contribution in [0.1, 0.15) is 105 Å². The van der Waals surface area contributed by atoms with Crippen LogP contribution < -0.4 is 0 Å². The summed E-state index contributed by atoms with van der Waals surface area (Å²) in [5.41, 5.74) is 6.02. The van der Waals surface area contributed by atoms with Crippen molar-refractivity contribution in [3.05, 3.63) is 22.8 Å². The molecule has 0 aromatic heterocycles. The molecule has 1 unspecified atom stereocenters. The van der Waals surface area contributed by atoms with Crippen molar-refractivity contribution in [3.8, 4) is 0 Å². The third kappa shape index (κ3) is 3.34. The Kier molecular flexibility index (Phi) is 5.62. The van der Waals surface area contributed by atoms with E-state index in [4.69, 9.17) is 0 Å². The summed E-state index contributed by atoms with van der Waals surface area (Å²) >= 11 is 0. The maximum Gasteiger partial charge on any atom is 0.0578 e. The summed E-state index contributed by atoms with van der Waals surface area (Å²) in [5.74, 6) is 3.48. The number of hydrogen-bond acceptors (Lipinski definition) is 1. The largest absolute Gasteiger partial charge is 0.393 e. The quantitative estimate of drug-likeness (QED) is 0.488. The molecule has 4 aliphatic carbocycles. The smallest absolute Gasteiger partial charge is 0.0578 e. The molecule has 0 aromatic carbocycles. The highest BCUT2D eigenvalue weighted by atomic mass is 16.3. The van der Waals surface area contributed by atoms with Crippen LogP contribution in [0.5, 0.6) is 0 Å². The second kappa shape index (κ2) is 7.60. The first kappa shape index (κ1) is 20.7. The number of rotatable bonds is 5. The summed E-state index contributed by atoms with van der Waals surface area (Å²) < 4.78 is 0. The van der Waals surface area contributed by atoms with Crippen molar-refractivity contribution >= 4 is 0 Å². The van der Waals surface area contributed by atoms with Crippen LogP contribution in [-0.2, 0) is 0 Å². The lowest BCUT2D eigenvalue weighted by Gasteiger charge is -2.52. The Balaban J connectivity index is 1.53. The Morgan fingerprint density at radius 3 is 2.61 bits per heavy atom. The standard InChI is InChI=1S/C27H44O/c1-18(2)7-6-8-19(3)23-11-12-24-22-10-9-20-17-21(28)13-15-26(20,4)25(22)14-16-27(23,24)5/h9,18-19,21,23-24,28H,6-8,10-17H2,1-5H3/t19?,21-,23+,24-,26-,27+/m0/s1. The van der Waals surface area contributed by atoms with Gasteiger partial charge in [-0.2, -0.15) is 0 Å². The maximum absolute atomic E-state index is 10.2. The summed E-state index contributed by atoms with van der Waals surface area (Å²) in [6, 6.07) is 0. The highest BCUT2D eigenvalue weighted by Crippen LogP contribution is 2.64. The molecule has 4 aliphatic rings. The molecule has 0 amide bonds. The second-order valence-corrected chi connectivity index (χ2v) is 11.7. The van der Waals surface area contributed by atoms with E-state index in [1.54, 1.807) is 5.57 Å². The van der Waals surface area contributed by atoms with E-state index in [1.165, 1.54) is 51.4 Å². The molecular formula is C27H44O. The van der Waals surface area contributed by atoms with Crippen molar-refractivity contribution in [1.82, 2.24) is 0 Å². The number of allylic oxidation sites excluding steroid dienone is 3. The predicted octanol–water partition coefficient (Wildman–Crippen LogP) is 7.45. The van der Waals surface area contributed by atoms with Gasteiger partial charge in [-0.1, -0.05) is 76.7 Å². The van der Waals surface area contributed by atoms with E-state index >= 15 is 0 Å². The summed E-state index contributed by atoms with van der Waals surface area (Å²) in [6.07, 6.45) is 16.5. The molecule has 2 fully saturated rings. The van der Waals surface area contributed by atoms with Crippen LogP contribution in [-0.4, -0.2) is 11.2 Å². The van der Waals surface area contributed by atoms with Gasteiger partial charge in [0.1, 0.15) is 0 Å². The molecular weight excluding hydrogens is 340 g/mol. The Bertz CT molecular complexity index is 655. The lowest BCUT2D eigenvalue weighted by molar-refractivity contribution is 0.0864. The third-order valence-corrected chi connectivity index (χ3v) is 9.64. The number of aliphatic hydroxyl groups is 1. The molecule has 1 heteroatoms. The van der Waals surface area contributed by atoms with E-state index in [9.17, 15) is 5.11 Å². The zero-order valence-electron chi connectivity index (χ0n) is 19.2. The van der Waals surface area contributed by atoms with Crippen LogP contribution in [0.25, 0.3) is 0 Å². The first-order valence-electron chi connectivity index (χ1n) is 12.4. The van der Waals surface area contributed by atoms with E-state index < -0.39 is 0 Å². The van der Waals surface area contributed by atoms with Crippen molar-refractivity contribution < 1.29 is 5.11 Å². The van der Waals surface area contributed by atoms with Crippen LogP contribution in [0.4, 0.5) is 0 Å². The molecule has 0 radical (unpaired) electrons. The van der Waals surface area contributed by atoms with E-state index in [-0.39, 0.29) is 11.5 Å². The minimum atomic E-state index is -0.0992. The zero-order valence-corrected chi connectivity index (χ0v) is 19.2. The van der Waals surface area contributed by atoms with Crippen molar-refractivity contribution in [2.75, 3.05) is 0 Å². The molecule has 1 N–H and O–H groups in total. The van der Waals surface area contributed by atoms with Gasteiger partial charge in [0.05, 0.1) is 6.10 Å². The van der Waals surface area contributed by atoms with Gasteiger partial charge in [0.2, 0.25) is 0 Å². The van der Waals surface area contributed by atoms with Crippen LogP contribution in [0.3, 0.4) is 0 Å². The Morgan fingerprint density at radius 1 is 1.07 bits per heavy atom. The fraction of sp³-hybridized carbons (Fsp3) is 0.852. The van der Waals surface area contributed by atoms with Gasteiger partial charge < -0.3 is 5.11 Å². The molecule has 4 rings (SSSR count). The van der Waals surface area contributed by atoms with Crippen molar-refractivity contribution in [1.29, 1.82) is 0 Å². The molecule has 158 valence electrons. The van der Waals surface area contributed by atoms with Crippen LogP contribution in [0, 0.1) is 34.5 Å². The van der Waals surface area contributed by atoms with E-state index in [1.807, 2.05) is 11.1 Å². The zero-order chi connectivity index (χ0) is 20.1. The van der Waals surface area contributed by atoms with Crippen LogP contribution >= 0.6 is 0 Å². The van der Waals surface area contributed by atoms with E-state index in [0.29, 0.717) is 5.41 Å². The third-order valence-electron chi connectivity index (χ3n) is 9.64. The number of aliphatic hydroxyl groups excluding tert-OH is 1. The Morgan fingerprint density at radius 2 is 1.86 bits per heavy atom. The van der Waals surface area contributed by atoms with Gasteiger partial charge >= 0.3 is 0 Å². The molecule has 1 nitrogen and oxygen atoms in total. The fourth-order valence-corrected chi connectivity index (χ4v) is 7.92. The van der Waals surface area contributed by atoms with Gasteiger partial charge in [-0.25, -0.2) is 0 Å². The van der Waals surface area contributed by atoms with Crippen molar-refractivity contribution in [2.24, 2.45) is 34.5 Å². The van der Waals surface area contributed by atoms with Crippen molar-refractivity contribution in [3.63, 3.8) is 0 Å². The lowest BCUT2D eigenvalue weighted by Crippen LogP contribution is -2.41. The number of hydrogen-bond donors (Lipinski definition) is 1. The summed E-state index contributed by atoms with van der Waals surface area (Å²) in [4.78, 5) is 0. The van der Waals surface area contributed by atoms with E-state index in [0.717, 1.165) is 42.9 Å². The molecule has 0 aliphatic heterocycles. The van der Waals surface area contributed by atoms with Crippen LogP contribution in [0.2, 0.25) is 0 Å². The average molecular weight is 385 g/mol. The Hall–Kier alpha value is -0.560. The minimum Gasteiger partial charge on any atom is -0.393 e. The SMILES string of the molecule is CC(C)CCCC(C)[C@H]1CC[C@H]2C3=C(CC[C@]12C)[C@@]1(C)CC[C@H](O)CC1=CC3. The van der Waals surface area contributed by atoms with Gasteiger partial charge in [-0.3, -0.25) is 0 Å². The van der Waals surface area contributed by atoms with Crippen molar-refractivity contribution in [2.45, 2.75) is 111 Å². The molecule has 0 bridgehead atoms. The molecule has 28 heavy (non-hydrogen) atoms. The summed E-state index contributed by atoms with van der Waals surface area (Å²) in [7, 11) is 0. The minimum absolute atomic E-state index is 0.0992. The molecule has 0 aromatic rings. The van der Waals surface area contributed by atoms with Gasteiger partial charge in [0, 0.05) is 5.41 Å². The maximum atomic E-state index is 10.2. The molecule has 0 spiro atoms. The van der Waals surface area contributed by atoms with Gasteiger partial charge in [-0.15, -0.1) is 0 Å². The number of fused-ring (bicyclic) bond motifs is 4. The molecule has 0 heterocycles. The highest BCUT2D eigenvalue weighted by Gasteiger charge is 2.54. The highest BCUT2D eigenvalue weighted by molar-refractivity contribution is 5.43. The topological polar surface area (TPSA) is 20.2 Å². The Labute approximate surface area is 174 Å². The fourth-order valence-electron chi connectivity index (χ4n) is 7.92. The normalized spacial score (nSPS) is 41.4. The molecule has 6 atom stereocenters. The van der Waals surface area contributed by atoms with Gasteiger partial charge in [0.15, 0.2) is 0 Å². The molecule has 0 saturated heterocycles. The summed E-state index contributed by atoms with van der Waals surface area (Å²) in [6.45, 7) is 12.4. The average Bonchev–Trinajstić information content (AvgIpc) is 2.99. The van der Waals surface area contributed by atoms with Crippen LogP contribution in [0.15, 0.2) is 22.8 Å². The summed E-state index contributed by atoms with van der Waals surface area (Å²) in [5, 5.41) is 10.2. The first-order valence-corrected chi connectivity index (χ1v) is 12.4. The predicted molar refractivity (Wildman–Crippen MR) is 119 cm³/mol. The van der Waals surface area contributed by atoms with Gasteiger partial charge in [0.25, 0.3) is 0 Å². The van der Waals surface area contributed by atoms with E-state index in [2.05, 4.69) is 40.7 Å². The monoisotopic (exact) mass is 384 g/mol.